The van der Waals surface area contributed by atoms with Crippen LogP contribution in [0.4, 0.5) is 13.2 Å². The molecule has 0 saturated heterocycles. The van der Waals surface area contributed by atoms with Crippen LogP contribution in [0.15, 0.2) is 29.4 Å². The number of benzene rings is 1. The number of halogens is 3. The standard InChI is InChI=1S/C12H14F3NO2/c1-9-3-5-10(6-4-9)11(16-17-2)7-18-8-12(13,14)15/h3-6H,7-8H2,1-2H3/b16-11+. The summed E-state index contributed by atoms with van der Waals surface area (Å²) >= 11 is 0. The lowest BCUT2D eigenvalue weighted by atomic mass is 10.1. The van der Waals surface area contributed by atoms with Crippen molar-refractivity contribution in [2.24, 2.45) is 5.16 Å². The van der Waals surface area contributed by atoms with Crippen molar-refractivity contribution in [3.63, 3.8) is 0 Å². The molecule has 0 fully saturated rings. The first-order valence-corrected chi connectivity index (χ1v) is 5.24. The van der Waals surface area contributed by atoms with Gasteiger partial charge in [-0.3, -0.25) is 0 Å². The van der Waals surface area contributed by atoms with Gasteiger partial charge in [-0.1, -0.05) is 35.0 Å². The van der Waals surface area contributed by atoms with Crippen LogP contribution in [0.3, 0.4) is 0 Å². The van der Waals surface area contributed by atoms with E-state index in [1.807, 2.05) is 19.1 Å². The fraction of sp³-hybridized carbons (Fsp3) is 0.417. The van der Waals surface area contributed by atoms with E-state index in [-0.39, 0.29) is 6.61 Å². The third-order valence-electron chi connectivity index (χ3n) is 2.09. The van der Waals surface area contributed by atoms with Crippen molar-refractivity contribution in [3.05, 3.63) is 35.4 Å². The van der Waals surface area contributed by atoms with Gasteiger partial charge in [0, 0.05) is 5.56 Å². The van der Waals surface area contributed by atoms with Crippen LogP contribution in [0.1, 0.15) is 11.1 Å². The molecule has 0 radical (unpaired) electrons. The Morgan fingerprint density at radius 3 is 2.33 bits per heavy atom. The minimum Gasteiger partial charge on any atom is -0.399 e. The van der Waals surface area contributed by atoms with Crippen molar-refractivity contribution in [3.8, 4) is 0 Å². The van der Waals surface area contributed by atoms with Gasteiger partial charge < -0.3 is 9.57 Å². The zero-order valence-corrected chi connectivity index (χ0v) is 10.1. The summed E-state index contributed by atoms with van der Waals surface area (Å²) in [7, 11) is 1.33. The molecule has 0 aromatic heterocycles. The highest BCUT2D eigenvalue weighted by atomic mass is 19.4. The number of oxime groups is 1. The van der Waals surface area contributed by atoms with Crippen molar-refractivity contribution in [1.29, 1.82) is 0 Å². The minimum atomic E-state index is -4.34. The van der Waals surface area contributed by atoms with Crippen LogP contribution >= 0.6 is 0 Å². The maximum Gasteiger partial charge on any atom is 0.411 e. The lowest BCUT2D eigenvalue weighted by Gasteiger charge is -2.09. The van der Waals surface area contributed by atoms with E-state index in [2.05, 4.69) is 14.7 Å². The van der Waals surface area contributed by atoms with E-state index in [9.17, 15) is 13.2 Å². The van der Waals surface area contributed by atoms with Gasteiger partial charge in [0.1, 0.15) is 19.4 Å². The minimum absolute atomic E-state index is 0.254. The Bertz CT molecular complexity index is 399. The van der Waals surface area contributed by atoms with Gasteiger partial charge >= 0.3 is 6.18 Å². The van der Waals surface area contributed by atoms with E-state index in [0.29, 0.717) is 11.3 Å². The Hall–Kier alpha value is -1.56. The van der Waals surface area contributed by atoms with Crippen molar-refractivity contribution in [2.75, 3.05) is 20.3 Å². The molecule has 18 heavy (non-hydrogen) atoms. The zero-order chi connectivity index (χ0) is 13.6. The Morgan fingerprint density at radius 1 is 1.22 bits per heavy atom. The Morgan fingerprint density at radius 2 is 1.83 bits per heavy atom. The van der Waals surface area contributed by atoms with Crippen LogP contribution in [-0.2, 0) is 9.57 Å². The van der Waals surface area contributed by atoms with Crippen LogP contribution in [0.5, 0.6) is 0 Å². The molecule has 0 aliphatic carbocycles. The summed E-state index contributed by atoms with van der Waals surface area (Å²) in [5, 5.41) is 3.67. The summed E-state index contributed by atoms with van der Waals surface area (Å²) in [6.07, 6.45) is -4.34. The topological polar surface area (TPSA) is 30.8 Å². The first kappa shape index (κ1) is 14.5. The van der Waals surface area contributed by atoms with E-state index in [1.54, 1.807) is 12.1 Å². The monoisotopic (exact) mass is 261 g/mol. The third kappa shape index (κ3) is 5.18. The summed E-state index contributed by atoms with van der Waals surface area (Å²) < 4.78 is 40.4. The van der Waals surface area contributed by atoms with E-state index >= 15 is 0 Å². The average Bonchev–Trinajstić information content (AvgIpc) is 2.27. The second kappa shape index (κ2) is 6.39. The molecular weight excluding hydrogens is 247 g/mol. The van der Waals surface area contributed by atoms with Gasteiger partial charge in [0.2, 0.25) is 0 Å². The van der Waals surface area contributed by atoms with Gasteiger partial charge in [0.15, 0.2) is 0 Å². The van der Waals surface area contributed by atoms with E-state index in [4.69, 9.17) is 0 Å². The van der Waals surface area contributed by atoms with Crippen molar-refractivity contribution < 1.29 is 22.7 Å². The van der Waals surface area contributed by atoms with Crippen LogP contribution in [0, 0.1) is 6.92 Å². The molecular formula is C12H14F3NO2. The first-order valence-electron chi connectivity index (χ1n) is 5.24. The molecule has 0 spiro atoms. The smallest absolute Gasteiger partial charge is 0.399 e. The molecule has 6 heteroatoms. The summed E-state index contributed by atoms with van der Waals surface area (Å²) in [6.45, 7) is 0.356. The largest absolute Gasteiger partial charge is 0.411 e. The van der Waals surface area contributed by atoms with E-state index < -0.39 is 12.8 Å². The molecule has 1 rings (SSSR count). The predicted molar refractivity (Wildman–Crippen MR) is 61.6 cm³/mol. The summed E-state index contributed by atoms with van der Waals surface area (Å²) in [6, 6.07) is 7.18. The Kier molecular flexibility index (Phi) is 5.15. The molecule has 3 nitrogen and oxygen atoms in total. The molecule has 0 atom stereocenters. The van der Waals surface area contributed by atoms with Gasteiger partial charge in [-0.05, 0) is 6.92 Å². The summed E-state index contributed by atoms with van der Waals surface area (Å²) in [5.74, 6) is 0. The van der Waals surface area contributed by atoms with Gasteiger partial charge in [-0.15, -0.1) is 0 Å². The van der Waals surface area contributed by atoms with Gasteiger partial charge in [0.25, 0.3) is 0 Å². The highest BCUT2D eigenvalue weighted by molar-refractivity contribution is 6.01. The molecule has 100 valence electrons. The van der Waals surface area contributed by atoms with Gasteiger partial charge in [-0.25, -0.2) is 0 Å². The maximum atomic E-state index is 12.0. The molecule has 0 saturated carbocycles. The molecule has 0 bridgehead atoms. The molecule has 0 aliphatic rings. The van der Waals surface area contributed by atoms with Gasteiger partial charge in [-0.2, -0.15) is 13.2 Å². The first-order chi connectivity index (χ1) is 8.42. The molecule has 0 amide bonds. The van der Waals surface area contributed by atoms with Gasteiger partial charge in [0.05, 0.1) is 6.61 Å². The van der Waals surface area contributed by atoms with Crippen LogP contribution < -0.4 is 0 Å². The summed E-state index contributed by atoms with van der Waals surface area (Å²) in [5.41, 5.74) is 2.04. The lowest BCUT2D eigenvalue weighted by molar-refractivity contribution is -0.170. The SMILES string of the molecule is CO/N=C(\COCC(F)(F)F)c1ccc(C)cc1. The molecule has 0 heterocycles. The lowest BCUT2D eigenvalue weighted by Crippen LogP contribution is -2.21. The fourth-order valence-corrected chi connectivity index (χ4v) is 1.28. The van der Waals surface area contributed by atoms with Crippen molar-refractivity contribution in [1.82, 2.24) is 0 Å². The number of aryl methyl sites for hydroxylation is 1. The number of alkyl halides is 3. The van der Waals surface area contributed by atoms with Crippen LogP contribution in [0.25, 0.3) is 0 Å². The normalized spacial score (nSPS) is 12.6. The quantitative estimate of drug-likeness (QED) is 0.602. The second-order valence-corrected chi connectivity index (χ2v) is 3.69. The van der Waals surface area contributed by atoms with Crippen LogP contribution in [-0.4, -0.2) is 32.2 Å². The average molecular weight is 261 g/mol. The van der Waals surface area contributed by atoms with E-state index in [1.165, 1.54) is 7.11 Å². The maximum absolute atomic E-state index is 12.0. The summed E-state index contributed by atoms with van der Waals surface area (Å²) in [4.78, 5) is 4.60. The van der Waals surface area contributed by atoms with E-state index in [0.717, 1.165) is 5.56 Å². The molecule has 0 N–H and O–H groups in total. The number of hydrogen-bond acceptors (Lipinski definition) is 3. The number of ether oxygens (including phenoxy) is 1. The molecule has 0 unspecified atom stereocenters. The predicted octanol–water partition coefficient (Wildman–Crippen LogP) is 2.92. The number of nitrogens with zero attached hydrogens (tertiary/aromatic N) is 1. The third-order valence-corrected chi connectivity index (χ3v) is 2.09. The molecule has 0 aliphatic heterocycles. The zero-order valence-electron chi connectivity index (χ0n) is 10.1. The highest BCUT2D eigenvalue weighted by Crippen LogP contribution is 2.15. The number of rotatable bonds is 5. The van der Waals surface area contributed by atoms with Crippen molar-refractivity contribution >= 4 is 5.71 Å². The molecule has 1 aromatic carbocycles. The Balaban J connectivity index is 2.66. The second-order valence-electron chi connectivity index (χ2n) is 3.69. The Labute approximate surface area is 103 Å². The van der Waals surface area contributed by atoms with Crippen molar-refractivity contribution in [2.45, 2.75) is 13.1 Å². The molecule has 1 aromatic rings. The van der Waals surface area contributed by atoms with Crippen LogP contribution in [0.2, 0.25) is 0 Å². The highest BCUT2D eigenvalue weighted by Gasteiger charge is 2.27. The fourth-order valence-electron chi connectivity index (χ4n) is 1.28. The number of hydrogen-bond donors (Lipinski definition) is 0.